The Bertz CT molecular complexity index is 715. The molecule has 5 nitrogen and oxygen atoms in total. The van der Waals surface area contributed by atoms with E-state index >= 15 is 0 Å². The van der Waals surface area contributed by atoms with Gasteiger partial charge < -0.3 is 14.8 Å². The summed E-state index contributed by atoms with van der Waals surface area (Å²) < 4.78 is 5.35. The highest BCUT2D eigenvalue weighted by Gasteiger charge is 2.15. The molecule has 1 aromatic carbocycles. The SMILES string of the molecule is CCc1ccc(C(C)CC(=O)NCc2cc(C(=O)O)c(C)o2)cc1. The average molecular weight is 329 g/mol. The van der Waals surface area contributed by atoms with Crippen molar-refractivity contribution in [2.75, 3.05) is 0 Å². The lowest BCUT2D eigenvalue weighted by atomic mass is 9.96. The van der Waals surface area contributed by atoms with Crippen molar-refractivity contribution in [3.05, 3.63) is 58.5 Å². The Kier molecular flexibility index (Phi) is 5.79. The second kappa shape index (κ2) is 7.81. The van der Waals surface area contributed by atoms with Crippen LogP contribution >= 0.6 is 0 Å². The van der Waals surface area contributed by atoms with Crippen molar-refractivity contribution in [1.29, 1.82) is 0 Å². The van der Waals surface area contributed by atoms with Crippen LogP contribution in [-0.2, 0) is 17.8 Å². The van der Waals surface area contributed by atoms with Gasteiger partial charge in [-0.25, -0.2) is 4.79 Å². The van der Waals surface area contributed by atoms with Crippen molar-refractivity contribution in [3.8, 4) is 0 Å². The van der Waals surface area contributed by atoms with Gasteiger partial charge in [0.1, 0.15) is 17.1 Å². The number of amides is 1. The molecule has 128 valence electrons. The minimum absolute atomic E-state index is 0.0898. The van der Waals surface area contributed by atoms with Crippen LogP contribution in [0.15, 0.2) is 34.7 Å². The number of benzene rings is 1. The molecule has 1 amide bonds. The summed E-state index contributed by atoms with van der Waals surface area (Å²) >= 11 is 0. The predicted molar refractivity (Wildman–Crippen MR) is 91.1 cm³/mol. The summed E-state index contributed by atoms with van der Waals surface area (Å²) in [7, 11) is 0. The van der Waals surface area contributed by atoms with Gasteiger partial charge in [0.25, 0.3) is 0 Å². The number of nitrogens with one attached hydrogen (secondary N) is 1. The molecular formula is C19H23NO4. The Labute approximate surface area is 141 Å². The van der Waals surface area contributed by atoms with Gasteiger partial charge in [0.15, 0.2) is 0 Å². The first kappa shape index (κ1) is 17.8. The van der Waals surface area contributed by atoms with Crippen molar-refractivity contribution in [2.45, 2.75) is 46.1 Å². The molecule has 0 fully saturated rings. The number of rotatable bonds is 7. The summed E-state index contributed by atoms with van der Waals surface area (Å²) in [6, 6.07) is 9.74. The van der Waals surface area contributed by atoms with E-state index in [0.29, 0.717) is 17.9 Å². The third kappa shape index (κ3) is 4.47. The molecule has 2 aromatic rings. The van der Waals surface area contributed by atoms with Crippen molar-refractivity contribution in [1.82, 2.24) is 5.32 Å². The summed E-state index contributed by atoms with van der Waals surface area (Å²) in [5.74, 6) is -0.218. The fourth-order valence-electron chi connectivity index (χ4n) is 2.58. The van der Waals surface area contributed by atoms with Gasteiger partial charge in [-0.2, -0.15) is 0 Å². The number of furan rings is 1. The second-order valence-corrected chi connectivity index (χ2v) is 5.96. The molecule has 1 aromatic heterocycles. The number of aromatic carboxylic acids is 1. The second-order valence-electron chi connectivity index (χ2n) is 5.96. The van der Waals surface area contributed by atoms with Gasteiger partial charge in [-0.3, -0.25) is 4.79 Å². The Hall–Kier alpha value is -2.56. The van der Waals surface area contributed by atoms with Gasteiger partial charge in [-0.15, -0.1) is 0 Å². The topological polar surface area (TPSA) is 79.5 Å². The van der Waals surface area contributed by atoms with Crippen molar-refractivity contribution in [2.24, 2.45) is 0 Å². The summed E-state index contributed by atoms with van der Waals surface area (Å²) in [5.41, 5.74) is 2.53. The number of hydrogen-bond acceptors (Lipinski definition) is 3. The quantitative estimate of drug-likeness (QED) is 0.812. The van der Waals surface area contributed by atoms with E-state index < -0.39 is 5.97 Å². The zero-order valence-electron chi connectivity index (χ0n) is 14.3. The number of aryl methyl sites for hydroxylation is 2. The van der Waals surface area contributed by atoms with E-state index in [0.717, 1.165) is 12.0 Å². The monoisotopic (exact) mass is 329 g/mol. The van der Waals surface area contributed by atoms with Crippen molar-refractivity contribution in [3.63, 3.8) is 0 Å². The van der Waals surface area contributed by atoms with E-state index in [9.17, 15) is 9.59 Å². The lowest BCUT2D eigenvalue weighted by Gasteiger charge is -2.12. The van der Waals surface area contributed by atoms with Crippen LogP contribution in [0.25, 0.3) is 0 Å². The number of carbonyl (C=O) groups excluding carboxylic acids is 1. The van der Waals surface area contributed by atoms with Crippen LogP contribution < -0.4 is 5.32 Å². The molecule has 2 N–H and O–H groups in total. The van der Waals surface area contributed by atoms with Gasteiger partial charge in [0.05, 0.1) is 6.54 Å². The normalized spacial score (nSPS) is 12.0. The zero-order chi connectivity index (χ0) is 17.7. The fourth-order valence-corrected chi connectivity index (χ4v) is 2.58. The van der Waals surface area contributed by atoms with Crippen molar-refractivity contribution < 1.29 is 19.1 Å². The first-order chi connectivity index (χ1) is 11.4. The maximum absolute atomic E-state index is 12.1. The van der Waals surface area contributed by atoms with Crippen LogP contribution in [0.1, 0.15) is 59.2 Å². The third-order valence-electron chi connectivity index (χ3n) is 4.11. The molecule has 1 atom stereocenters. The molecule has 2 rings (SSSR count). The van der Waals surface area contributed by atoms with Gasteiger partial charge in [-0.1, -0.05) is 38.1 Å². The molecule has 0 aliphatic carbocycles. The molecule has 0 bridgehead atoms. The van der Waals surface area contributed by atoms with Gasteiger partial charge in [0.2, 0.25) is 5.91 Å². The minimum atomic E-state index is -1.03. The molecule has 0 saturated heterocycles. The maximum Gasteiger partial charge on any atom is 0.339 e. The molecule has 1 heterocycles. The maximum atomic E-state index is 12.1. The van der Waals surface area contributed by atoms with E-state index in [4.69, 9.17) is 9.52 Å². The van der Waals surface area contributed by atoms with Gasteiger partial charge >= 0.3 is 5.97 Å². The standard InChI is InChI=1S/C19H23NO4/c1-4-14-5-7-15(8-6-14)12(2)9-18(21)20-11-16-10-17(19(22)23)13(3)24-16/h5-8,10,12H,4,9,11H2,1-3H3,(H,20,21)(H,22,23). The third-order valence-corrected chi connectivity index (χ3v) is 4.11. The number of carboxylic acid groups (broad SMARTS) is 1. The lowest BCUT2D eigenvalue weighted by molar-refractivity contribution is -0.121. The molecule has 1 unspecified atom stereocenters. The first-order valence-electron chi connectivity index (χ1n) is 8.08. The van der Waals surface area contributed by atoms with Crippen LogP contribution in [0.2, 0.25) is 0 Å². The van der Waals surface area contributed by atoms with Crippen LogP contribution in [0.5, 0.6) is 0 Å². The minimum Gasteiger partial charge on any atom is -0.478 e. The molecule has 0 spiro atoms. The van der Waals surface area contributed by atoms with E-state index in [2.05, 4.69) is 36.5 Å². The Balaban J connectivity index is 1.88. The van der Waals surface area contributed by atoms with E-state index in [1.807, 2.05) is 6.92 Å². The summed E-state index contributed by atoms with van der Waals surface area (Å²) in [6.45, 7) is 5.91. The Morgan fingerprint density at radius 3 is 2.46 bits per heavy atom. The van der Waals surface area contributed by atoms with Gasteiger partial charge in [-0.05, 0) is 36.5 Å². The first-order valence-corrected chi connectivity index (χ1v) is 8.08. The van der Waals surface area contributed by atoms with Gasteiger partial charge in [0, 0.05) is 6.42 Å². The summed E-state index contributed by atoms with van der Waals surface area (Å²) in [5, 5.41) is 11.8. The summed E-state index contributed by atoms with van der Waals surface area (Å²) in [6.07, 6.45) is 1.37. The Morgan fingerprint density at radius 1 is 1.25 bits per heavy atom. The Morgan fingerprint density at radius 2 is 1.92 bits per heavy atom. The highest BCUT2D eigenvalue weighted by atomic mass is 16.4. The van der Waals surface area contributed by atoms with Crippen LogP contribution in [0.3, 0.4) is 0 Å². The molecule has 0 aliphatic rings. The van der Waals surface area contributed by atoms with Crippen LogP contribution in [-0.4, -0.2) is 17.0 Å². The molecule has 0 radical (unpaired) electrons. The van der Waals surface area contributed by atoms with E-state index in [-0.39, 0.29) is 23.9 Å². The zero-order valence-corrected chi connectivity index (χ0v) is 14.3. The predicted octanol–water partition coefficient (Wildman–Crippen LogP) is 3.66. The number of carboxylic acids is 1. The smallest absolute Gasteiger partial charge is 0.339 e. The molecule has 24 heavy (non-hydrogen) atoms. The largest absolute Gasteiger partial charge is 0.478 e. The molecule has 0 saturated carbocycles. The molecule has 0 aliphatic heterocycles. The summed E-state index contributed by atoms with van der Waals surface area (Å²) in [4.78, 5) is 23.1. The molecule has 5 heteroatoms. The highest BCUT2D eigenvalue weighted by Crippen LogP contribution is 2.20. The molecular weight excluding hydrogens is 306 g/mol. The van der Waals surface area contributed by atoms with E-state index in [1.165, 1.54) is 11.6 Å². The number of carbonyl (C=O) groups is 2. The fraction of sp³-hybridized carbons (Fsp3) is 0.368. The lowest BCUT2D eigenvalue weighted by Crippen LogP contribution is -2.23. The average Bonchev–Trinajstić information content (AvgIpc) is 2.94. The van der Waals surface area contributed by atoms with Crippen molar-refractivity contribution >= 4 is 11.9 Å². The van der Waals surface area contributed by atoms with E-state index in [1.54, 1.807) is 6.92 Å². The highest BCUT2D eigenvalue weighted by molar-refractivity contribution is 5.88. The van der Waals surface area contributed by atoms with Crippen LogP contribution in [0.4, 0.5) is 0 Å². The van der Waals surface area contributed by atoms with Crippen LogP contribution in [0, 0.1) is 6.92 Å². The number of hydrogen-bond donors (Lipinski definition) is 2.